The first-order chi connectivity index (χ1) is 37.0. The van der Waals surface area contributed by atoms with Gasteiger partial charge in [0.2, 0.25) is 5.91 Å². The zero-order chi connectivity index (χ0) is 54.3. The van der Waals surface area contributed by atoms with E-state index < -0.39 is 12.1 Å². The molecule has 0 bridgehead atoms. The summed E-state index contributed by atoms with van der Waals surface area (Å²) in [6.07, 6.45) is 82.0. The van der Waals surface area contributed by atoms with Crippen LogP contribution in [0.2, 0.25) is 0 Å². The van der Waals surface area contributed by atoms with Crippen LogP contribution in [0.1, 0.15) is 367 Å². The Kier molecular flexibility index (Phi) is 63.0. The molecule has 0 rings (SSSR count). The number of nitrogens with one attached hydrogen (secondary N) is 1. The molecule has 6 heteroatoms. The van der Waals surface area contributed by atoms with Crippen molar-refractivity contribution >= 4 is 11.9 Å². The number of unbranched alkanes of at least 4 members (excludes halogenated alkanes) is 48. The van der Waals surface area contributed by atoms with Gasteiger partial charge in [-0.1, -0.05) is 307 Å². The molecule has 75 heavy (non-hydrogen) atoms. The largest absolute Gasteiger partial charge is 0.466 e. The maximum Gasteiger partial charge on any atom is 0.305 e. The quantitative estimate of drug-likeness (QED) is 0.0320. The Bertz CT molecular complexity index is 1210. The molecule has 0 heterocycles. The van der Waals surface area contributed by atoms with Crippen LogP contribution in [0.4, 0.5) is 0 Å². The molecule has 0 saturated carbocycles. The Morgan fingerprint density at radius 1 is 0.360 bits per heavy atom. The second kappa shape index (κ2) is 64.6. The van der Waals surface area contributed by atoms with Gasteiger partial charge in [-0.25, -0.2) is 0 Å². The van der Waals surface area contributed by atoms with Crippen LogP contribution in [-0.2, 0) is 14.3 Å². The van der Waals surface area contributed by atoms with Crippen LogP contribution >= 0.6 is 0 Å². The third kappa shape index (κ3) is 61.2. The molecule has 0 spiro atoms. The van der Waals surface area contributed by atoms with E-state index in [1.165, 1.54) is 289 Å². The predicted molar refractivity (Wildman–Crippen MR) is 329 cm³/mol. The average Bonchev–Trinajstić information content (AvgIpc) is 3.41. The third-order valence-corrected chi connectivity index (χ3v) is 15.6. The Balaban J connectivity index is 3.45. The second-order valence-corrected chi connectivity index (χ2v) is 23.1. The van der Waals surface area contributed by atoms with E-state index in [0.717, 1.165) is 51.4 Å². The number of hydrogen-bond donors (Lipinski definition) is 3. The molecule has 6 nitrogen and oxygen atoms in total. The lowest BCUT2D eigenvalue weighted by molar-refractivity contribution is -0.143. The van der Waals surface area contributed by atoms with Crippen molar-refractivity contribution in [3.05, 3.63) is 36.5 Å². The zero-order valence-corrected chi connectivity index (χ0v) is 50.5. The van der Waals surface area contributed by atoms with Gasteiger partial charge in [0.1, 0.15) is 0 Å². The van der Waals surface area contributed by atoms with Crippen LogP contribution in [0.25, 0.3) is 0 Å². The number of carbonyl (C=O) groups excluding carboxylic acids is 2. The number of ether oxygens (including phenoxy) is 1. The molecule has 0 radical (unpaired) electrons. The van der Waals surface area contributed by atoms with Gasteiger partial charge in [0.15, 0.2) is 0 Å². The van der Waals surface area contributed by atoms with Crippen molar-refractivity contribution in [3.8, 4) is 0 Å². The van der Waals surface area contributed by atoms with Gasteiger partial charge < -0.3 is 20.3 Å². The molecule has 442 valence electrons. The minimum atomic E-state index is -0.851. The zero-order valence-electron chi connectivity index (χ0n) is 50.5. The number of esters is 1. The van der Waals surface area contributed by atoms with Crippen LogP contribution in [-0.4, -0.2) is 47.4 Å². The fraction of sp³-hybridized carbons (Fsp3) is 0.884. The van der Waals surface area contributed by atoms with Crippen LogP contribution in [0, 0.1) is 0 Å². The maximum atomic E-state index is 12.5. The number of aliphatic hydroxyl groups is 2. The maximum absolute atomic E-state index is 12.5. The molecular formula is C69H131NO5. The fourth-order valence-electron chi connectivity index (χ4n) is 10.4. The SMILES string of the molecule is CCCCCCCCC/C=C\CCCCCCCC(=O)OCCCCCCCCCCCC/C=C\CCCCCCCCCC(=O)NC(CO)C(O)/C=C/CCCCCCCCCCCCCCCCCCCCC. The highest BCUT2D eigenvalue weighted by molar-refractivity contribution is 5.76. The fourth-order valence-corrected chi connectivity index (χ4v) is 10.4. The van der Waals surface area contributed by atoms with Crippen molar-refractivity contribution in [2.45, 2.75) is 379 Å². The summed E-state index contributed by atoms with van der Waals surface area (Å²) in [5.74, 6) is -0.0722. The van der Waals surface area contributed by atoms with E-state index in [4.69, 9.17) is 4.74 Å². The first-order valence-electron chi connectivity index (χ1n) is 33.8. The van der Waals surface area contributed by atoms with Gasteiger partial charge in [-0.2, -0.15) is 0 Å². The minimum absolute atomic E-state index is 0.000643. The molecule has 0 aliphatic heterocycles. The Hall–Kier alpha value is -1.92. The lowest BCUT2D eigenvalue weighted by atomic mass is 10.0. The lowest BCUT2D eigenvalue weighted by Crippen LogP contribution is -2.45. The van der Waals surface area contributed by atoms with Crippen molar-refractivity contribution < 1.29 is 24.5 Å². The lowest BCUT2D eigenvalue weighted by Gasteiger charge is -2.20. The summed E-state index contributed by atoms with van der Waals surface area (Å²) in [5.41, 5.74) is 0. The summed E-state index contributed by atoms with van der Waals surface area (Å²) >= 11 is 0. The molecule has 2 atom stereocenters. The standard InChI is InChI=1S/C69H131NO5/c1-3-5-7-9-11-13-15-17-19-21-22-24-27-30-33-37-41-45-49-53-57-61-67(72)66(65-71)70-68(73)62-58-54-50-46-42-38-34-31-28-25-23-26-29-32-36-40-44-48-52-56-60-64-75-69(74)63-59-55-51-47-43-39-35-20-18-16-14-12-10-8-6-4-2/h20,25,28,35,57,61,66-67,71-72H,3-19,21-24,26-27,29-34,36-56,58-60,62-65H2,1-2H3,(H,70,73)/b28-25-,35-20-,61-57+. The molecular weight excluding hydrogens is 923 g/mol. The van der Waals surface area contributed by atoms with E-state index in [0.29, 0.717) is 19.4 Å². The summed E-state index contributed by atoms with van der Waals surface area (Å²) in [6, 6.07) is -0.635. The highest BCUT2D eigenvalue weighted by Gasteiger charge is 2.18. The number of aliphatic hydroxyl groups excluding tert-OH is 2. The Morgan fingerprint density at radius 2 is 0.627 bits per heavy atom. The van der Waals surface area contributed by atoms with E-state index >= 15 is 0 Å². The first-order valence-corrected chi connectivity index (χ1v) is 33.8. The molecule has 3 N–H and O–H groups in total. The van der Waals surface area contributed by atoms with E-state index in [2.05, 4.69) is 43.5 Å². The van der Waals surface area contributed by atoms with Crippen LogP contribution < -0.4 is 5.32 Å². The Labute approximate surface area is 468 Å². The van der Waals surface area contributed by atoms with Crippen molar-refractivity contribution in [2.75, 3.05) is 13.2 Å². The highest BCUT2D eigenvalue weighted by atomic mass is 16.5. The molecule has 1 amide bonds. The molecule has 0 aliphatic rings. The van der Waals surface area contributed by atoms with Gasteiger partial charge in [-0.3, -0.25) is 9.59 Å². The summed E-state index contributed by atoms with van der Waals surface area (Å²) < 4.78 is 5.49. The monoisotopic (exact) mass is 1050 g/mol. The topological polar surface area (TPSA) is 95.9 Å². The Morgan fingerprint density at radius 3 is 0.947 bits per heavy atom. The second-order valence-electron chi connectivity index (χ2n) is 23.1. The van der Waals surface area contributed by atoms with Gasteiger partial charge in [0.25, 0.3) is 0 Å². The number of rotatable bonds is 63. The summed E-state index contributed by atoms with van der Waals surface area (Å²) in [5, 5.41) is 23.2. The van der Waals surface area contributed by atoms with E-state index in [1.54, 1.807) is 6.08 Å². The number of carbonyl (C=O) groups is 2. The molecule has 0 aliphatic carbocycles. The van der Waals surface area contributed by atoms with Crippen LogP contribution in [0.15, 0.2) is 36.5 Å². The molecule has 0 saturated heterocycles. The van der Waals surface area contributed by atoms with Crippen molar-refractivity contribution in [1.82, 2.24) is 5.32 Å². The van der Waals surface area contributed by atoms with Crippen LogP contribution in [0.5, 0.6) is 0 Å². The van der Waals surface area contributed by atoms with Gasteiger partial charge in [0.05, 0.1) is 25.4 Å². The third-order valence-electron chi connectivity index (χ3n) is 15.6. The highest BCUT2D eigenvalue weighted by Crippen LogP contribution is 2.18. The van der Waals surface area contributed by atoms with Gasteiger partial charge in [0, 0.05) is 12.8 Å². The normalized spacial score (nSPS) is 12.7. The molecule has 0 aromatic heterocycles. The first kappa shape index (κ1) is 73.1. The molecule has 0 aromatic rings. The van der Waals surface area contributed by atoms with Crippen molar-refractivity contribution in [1.29, 1.82) is 0 Å². The van der Waals surface area contributed by atoms with Crippen LogP contribution in [0.3, 0.4) is 0 Å². The molecule has 2 unspecified atom stereocenters. The average molecular weight is 1050 g/mol. The number of amides is 1. The number of allylic oxidation sites excluding steroid dienone is 5. The van der Waals surface area contributed by atoms with Gasteiger partial charge >= 0.3 is 5.97 Å². The molecule has 0 fully saturated rings. The van der Waals surface area contributed by atoms with E-state index in [1.807, 2.05) is 6.08 Å². The summed E-state index contributed by atoms with van der Waals surface area (Å²) in [6.45, 7) is 4.92. The minimum Gasteiger partial charge on any atom is -0.466 e. The van der Waals surface area contributed by atoms with E-state index in [9.17, 15) is 19.8 Å². The van der Waals surface area contributed by atoms with Gasteiger partial charge in [-0.05, 0) is 83.5 Å². The van der Waals surface area contributed by atoms with E-state index in [-0.39, 0.29) is 18.5 Å². The summed E-state index contributed by atoms with van der Waals surface area (Å²) in [7, 11) is 0. The summed E-state index contributed by atoms with van der Waals surface area (Å²) in [4.78, 5) is 24.6. The predicted octanol–water partition coefficient (Wildman–Crippen LogP) is 21.5. The van der Waals surface area contributed by atoms with Gasteiger partial charge in [-0.15, -0.1) is 0 Å². The molecule has 0 aromatic carbocycles. The smallest absolute Gasteiger partial charge is 0.305 e. The van der Waals surface area contributed by atoms with Crippen molar-refractivity contribution in [3.63, 3.8) is 0 Å². The van der Waals surface area contributed by atoms with Crippen molar-refractivity contribution in [2.24, 2.45) is 0 Å². The number of hydrogen-bond acceptors (Lipinski definition) is 5.